The summed E-state index contributed by atoms with van der Waals surface area (Å²) in [6.45, 7) is 4.87. The van der Waals surface area contributed by atoms with Crippen molar-refractivity contribution in [1.29, 1.82) is 0 Å². The lowest BCUT2D eigenvalue weighted by Gasteiger charge is -2.14. The zero-order valence-corrected chi connectivity index (χ0v) is 10.1. The number of nitrogens with zero attached hydrogens (tertiary/aromatic N) is 1. The number of rotatable bonds is 6. The Kier molecular flexibility index (Phi) is 5.06. The molecule has 0 unspecified atom stereocenters. The van der Waals surface area contributed by atoms with E-state index in [-0.39, 0.29) is 6.10 Å². The van der Waals surface area contributed by atoms with E-state index in [0.29, 0.717) is 24.7 Å². The van der Waals surface area contributed by atoms with Crippen LogP contribution < -0.4 is 21.1 Å². The van der Waals surface area contributed by atoms with Gasteiger partial charge in [0.05, 0.1) is 6.10 Å². The van der Waals surface area contributed by atoms with Gasteiger partial charge in [0.1, 0.15) is 0 Å². The molecule has 0 aliphatic heterocycles. The summed E-state index contributed by atoms with van der Waals surface area (Å²) in [5.41, 5.74) is 4.95. The molecule has 1 aromatic rings. The quantitative estimate of drug-likeness (QED) is 0.644. The van der Waals surface area contributed by atoms with Gasteiger partial charge in [-0.1, -0.05) is 0 Å². The second-order valence-electron chi connectivity index (χ2n) is 3.73. The van der Waals surface area contributed by atoms with Gasteiger partial charge in [-0.15, -0.1) is 0 Å². The topological polar surface area (TPSA) is 89.3 Å². The number of nitrogens with one attached hydrogen (secondary N) is 2. The average Bonchev–Trinajstić information content (AvgIpc) is 2.25. The minimum atomic E-state index is -0.536. The summed E-state index contributed by atoms with van der Waals surface area (Å²) < 4.78 is 5.59. The van der Waals surface area contributed by atoms with E-state index in [2.05, 4.69) is 15.6 Å². The molecular formula is C11H18N4O2. The maximum atomic E-state index is 10.5. The number of hydrogen-bond acceptors (Lipinski definition) is 4. The summed E-state index contributed by atoms with van der Waals surface area (Å²) >= 11 is 0. The standard InChI is InChI=1S/C11H18N4O2/c1-8(2)17-9-4-3-5-13-10(9)14-6-7-15-11(12)16/h3-5,8H,6-7H2,1-2H3,(H,13,14)(H3,12,15,16). The Bertz CT molecular complexity index is 368. The zero-order chi connectivity index (χ0) is 12.7. The molecule has 0 saturated carbocycles. The van der Waals surface area contributed by atoms with E-state index >= 15 is 0 Å². The highest BCUT2D eigenvalue weighted by atomic mass is 16.5. The van der Waals surface area contributed by atoms with Crippen molar-refractivity contribution in [3.8, 4) is 5.75 Å². The van der Waals surface area contributed by atoms with E-state index in [0.717, 1.165) is 0 Å². The maximum Gasteiger partial charge on any atom is 0.312 e. The SMILES string of the molecule is CC(C)Oc1cccnc1NCCNC(N)=O. The maximum absolute atomic E-state index is 10.5. The summed E-state index contributed by atoms with van der Waals surface area (Å²) in [4.78, 5) is 14.6. The van der Waals surface area contributed by atoms with Crippen LogP contribution in [0, 0.1) is 0 Å². The Morgan fingerprint density at radius 1 is 1.53 bits per heavy atom. The third-order valence-electron chi connectivity index (χ3n) is 1.85. The number of nitrogens with two attached hydrogens (primary N) is 1. The van der Waals surface area contributed by atoms with Crippen LogP contribution in [0.1, 0.15) is 13.8 Å². The first-order valence-electron chi connectivity index (χ1n) is 5.48. The van der Waals surface area contributed by atoms with Crippen molar-refractivity contribution in [1.82, 2.24) is 10.3 Å². The van der Waals surface area contributed by atoms with E-state index in [1.807, 2.05) is 26.0 Å². The van der Waals surface area contributed by atoms with Crippen LogP contribution in [0.25, 0.3) is 0 Å². The molecule has 0 saturated heterocycles. The normalized spacial score (nSPS) is 10.1. The van der Waals surface area contributed by atoms with E-state index < -0.39 is 6.03 Å². The van der Waals surface area contributed by atoms with Crippen LogP contribution in [-0.2, 0) is 0 Å². The molecule has 0 fully saturated rings. The average molecular weight is 238 g/mol. The van der Waals surface area contributed by atoms with Crippen LogP contribution in [0.15, 0.2) is 18.3 Å². The first kappa shape index (κ1) is 13.1. The van der Waals surface area contributed by atoms with Gasteiger partial charge in [-0.05, 0) is 26.0 Å². The predicted octanol–water partition coefficient (Wildman–Crippen LogP) is 0.949. The second kappa shape index (κ2) is 6.57. The zero-order valence-electron chi connectivity index (χ0n) is 10.1. The molecule has 0 atom stereocenters. The number of carbonyl (C=O) groups excluding carboxylic acids is 1. The minimum Gasteiger partial charge on any atom is -0.487 e. The molecule has 4 N–H and O–H groups in total. The van der Waals surface area contributed by atoms with Crippen LogP contribution in [0.2, 0.25) is 0 Å². The Hall–Kier alpha value is -1.98. The van der Waals surface area contributed by atoms with Crippen LogP contribution in [-0.4, -0.2) is 30.2 Å². The number of aromatic nitrogens is 1. The Morgan fingerprint density at radius 2 is 2.29 bits per heavy atom. The summed E-state index contributed by atoms with van der Waals surface area (Å²) in [7, 11) is 0. The molecule has 0 aliphatic carbocycles. The van der Waals surface area contributed by atoms with Gasteiger partial charge in [-0.2, -0.15) is 0 Å². The second-order valence-corrected chi connectivity index (χ2v) is 3.73. The minimum absolute atomic E-state index is 0.0866. The number of anilines is 1. The first-order chi connectivity index (χ1) is 8.09. The molecule has 17 heavy (non-hydrogen) atoms. The lowest BCUT2D eigenvalue weighted by atomic mass is 10.4. The lowest BCUT2D eigenvalue weighted by Crippen LogP contribution is -2.33. The molecule has 0 aromatic carbocycles. The number of urea groups is 1. The van der Waals surface area contributed by atoms with Crippen molar-refractivity contribution in [2.75, 3.05) is 18.4 Å². The summed E-state index contributed by atoms with van der Waals surface area (Å²) in [6, 6.07) is 3.12. The molecule has 94 valence electrons. The lowest BCUT2D eigenvalue weighted by molar-refractivity contribution is 0.243. The van der Waals surface area contributed by atoms with E-state index in [4.69, 9.17) is 10.5 Å². The van der Waals surface area contributed by atoms with Gasteiger partial charge in [0.2, 0.25) is 0 Å². The third kappa shape index (κ3) is 5.05. The van der Waals surface area contributed by atoms with Crippen molar-refractivity contribution >= 4 is 11.8 Å². The molecule has 6 nitrogen and oxygen atoms in total. The van der Waals surface area contributed by atoms with Gasteiger partial charge in [-0.25, -0.2) is 9.78 Å². The number of pyridine rings is 1. The first-order valence-corrected chi connectivity index (χ1v) is 5.48. The van der Waals surface area contributed by atoms with Gasteiger partial charge in [-0.3, -0.25) is 0 Å². The highest BCUT2D eigenvalue weighted by molar-refractivity contribution is 5.71. The Labute approximate surface area is 101 Å². The molecule has 1 heterocycles. The van der Waals surface area contributed by atoms with Crippen molar-refractivity contribution in [2.24, 2.45) is 5.73 Å². The number of ether oxygens (including phenoxy) is 1. The molecule has 6 heteroatoms. The van der Waals surface area contributed by atoms with Crippen molar-refractivity contribution in [3.05, 3.63) is 18.3 Å². The number of carbonyl (C=O) groups is 1. The van der Waals surface area contributed by atoms with Gasteiger partial charge >= 0.3 is 6.03 Å². The van der Waals surface area contributed by atoms with E-state index in [1.54, 1.807) is 6.20 Å². The van der Waals surface area contributed by atoms with Gasteiger partial charge < -0.3 is 21.1 Å². The highest BCUT2D eigenvalue weighted by Gasteiger charge is 2.05. The summed E-state index contributed by atoms with van der Waals surface area (Å²) in [5.74, 6) is 1.36. The molecule has 0 aliphatic rings. The van der Waals surface area contributed by atoms with E-state index in [9.17, 15) is 4.79 Å². The van der Waals surface area contributed by atoms with Gasteiger partial charge in [0.25, 0.3) is 0 Å². The highest BCUT2D eigenvalue weighted by Crippen LogP contribution is 2.21. The van der Waals surface area contributed by atoms with Crippen LogP contribution in [0.4, 0.5) is 10.6 Å². The molecule has 0 radical (unpaired) electrons. The monoisotopic (exact) mass is 238 g/mol. The molecule has 0 bridgehead atoms. The molecular weight excluding hydrogens is 220 g/mol. The van der Waals surface area contributed by atoms with Crippen molar-refractivity contribution in [2.45, 2.75) is 20.0 Å². The molecule has 1 aromatic heterocycles. The van der Waals surface area contributed by atoms with Crippen LogP contribution in [0.3, 0.4) is 0 Å². The van der Waals surface area contributed by atoms with Gasteiger partial charge in [0, 0.05) is 19.3 Å². The molecule has 0 spiro atoms. The van der Waals surface area contributed by atoms with Crippen LogP contribution in [0.5, 0.6) is 5.75 Å². The Balaban J connectivity index is 2.49. The summed E-state index contributed by atoms with van der Waals surface area (Å²) in [6.07, 6.45) is 1.76. The number of hydrogen-bond donors (Lipinski definition) is 3. The molecule has 1 rings (SSSR count). The van der Waals surface area contributed by atoms with Crippen molar-refractivity contribution < 1.29 is 9.53 Å². The Morgan fingerprint density at radius 3 is 2.94 bits per heavy atom. The van der Waals surface area contributed by atoms with Crippen LogP contribution >= 0.6 is 0 Å². The van der Waals surface area contributed by atoms with Gasteiger partial charge in [0.15, 0.2) is 11.6 Å². The molecule has 2 amide bonds. The van der Waals surface area contributed by atoms with E-state index in [1.165, 1.54) is 0 Å². The summed E-state index contributed by atoms with van der Waals surface area (Å²) in [5, 5.41) is 5.55. The fraction of sp³-hybridized carbons (Fsp3) is 0.455. The number of primary amides is 1. The number of amides is 2. The van der Waals surface area contributed by atoms with Crippen molar-refractivity contribution in [3.63, 3.8) is 0 Å². The predicted molar refractivity (Wildman–Crippen MR) is 66.1 cm³/mol. The fourth-order valence-corrected chi connectivity index (χ4v) is 1.24. The fourth-order valence-electron chi connectivity index (χ4n) is 1.24. The smallest absolute Gasteiger partial charge is 0.312 e. The third-order valence-corrected chi connectivity index (χ3v) is 1.85. The largest absolute Gasteiger partial charge is 0.487 e.